The second-order valence-electron chi connectivity index (χ2n) is 9.52. The average Bonchev–Trinajstić information content (AvgIpc) is 2.42. The van der Waals surface area contributed by atoms with Crippen LogP contribution in [0.2, 0.25) is 18.1 Å². The van der Waals surface area contributed by atoms with E-state index in [1.807, 2.05) is 6.08 Å². The van der Waals surface area contributed by atoms with Crippen molar-refractivity contribution in [1.82, 2.24) is 0 Å². The number of allylic oxidation sites excluding steroid dienone is 2. The summed E-state index contributed by atoms with van der Waals surface area (Å²) in [5.41, 5.74) is 0.245. The molecule has 2 unspecified atom stereocenters. The molecule has 0 radical (unpaired) electrons. The van der Waals surface area contributed by atoms with Gasteiger partial charge in [-0.15, -0.1) is 0 Å². The number of hydrogen-bond acceptors (Lipinski definition) is 2. The van der Waals surface area contributed by atoms with Gasteiger partial charge in [-0.2, -0.15) is 0 Å². The van der Waals surface area contributed by atoms with E-state index >= 15 is 0 Å². The van der Waals surface area contributed by atoms with Crippen molar-refractivity contribution in [1.29, 1.82) is 0 Å². The smallest absolute Gasteiger partial charge is 0.192 e. The molecule has 1 spiro atoms. The Balaban J connectivity index is 1.83. The van der Waals surface area contributed by atoms with Gasteiger partial charge in [0, 0.05) is 12.0 Å². The Bertz CT molecular complexity index is 502. The van der Waals surface area contributed by atoms with E-state index in [1.165, 1.54) is 19.3 Å². The number of rotatable bonds is 2. The quantitative estimate of drug-likeness (QED) is 0.672. The van der Waals surface area contributed by atoms with E-state index in [4.69, 9.17) is 4.43 Å². The zero-order chi connectivity index (χ0) is 16.3. The second kappa shape index (κ2) is 5.04. The molecule has 0 heterocycles. The highest BCUT2D eigenvalue weighted by Gasteiger charge is 2.56. The van der Waals surface area contributed by atoms with Crippen molar-refractivity contribution in [2.45, 2.75) is 77.6 Å². The molecule has 0 N–H and O–H groups in total. The molecular weight excluding hydrogens is 288 g/mol. The van der Waals surface area contributed by atoms with Crippen LogP contribution in [0.25, 0.3) is 0 Å². The van der Waals surface area contributed by atoms with Crippen LogP contribution in [0.1, 0.15) is 53.4 Å². The summed E-state index contributed by atoms with van der Waals surface area (Å²) in [6, 6.07) is 0. The molecule has 3 heteroatoms. The summed E-state index contributed by atoms with van der Waals surface area (Å²) in [6.45, 7) is 13.8. The minimum Gasteiger partial charge on any atom is -0.414 e. The molecule has 4 rings (SSSR count). The van der Waals surface area contributed by atoms with Crippen molar-refractivity contribution in [3.05, 3.63) is 12.2 Å². The van der Waals surface area contributed by atoms with Crippen LogP contribution in [0.4, 0.5) is 0 Å². The van der Waals surface area contributed by atoms with E-state index < -0.39 is 8.32 Å². The predicted molar refractivity (Wildman–Crippen MR) is 93.3 cm³/mol. The standard InChI is InChI=1S/C19H32O2Si/c1-13-15-11-14-7-9-19(15,10-8-16(13)20)12-17(14)21-22(5,6)18(2,3)4/h8,10,13-15,17H,7,9,11-12H2,1-6H3/t13-,14-,15?,17?,19+/m0/s1. The molecule has 0 aromatic carbocycles. The van der Waals surface area contributed by atoms with E-state index in [1.54, 1.807) is 0 Å². The molecule has 5 atom stereocenters. The lowest BCUT2D eigenvalue weighted by Gasteiger charge is -2.58. The van der Waals surface area contributed by atoms with Crippen molar-refractivity contribution in [3.8, 4) is 0 Å². The van der Waals surface area contributed by atoms with Crippen LogP contribution >= 0.6 is 0 Å². The summed E-state index contributed by atoms with van der Waals surface area (Å²) in [4.78, 5) is 12.1. The number of ketones is 1. The molecule has 0 amide bonds. The number of carbonyl (C=O) groups is 1. The van der Waals surface area contributed by atoms with E-state index in [9.17, 15) is 4.79 Å². The highest BCUT2D eigenvalue weighted by Crippen LogP contribution is 2.60. The fourth-order valence-corrected chi connectivity index (χ4v) is 6.11. The summed E-state index contributed by atoms with van der Waals surface area (Å²) in [5.74, 6) is 1.78. The molecule has 4 aliphatic rings. The zero-order valence-electron chi connectivity index (χ0n) is 15.1. The van der Waals surface area contributed by atoms with Crippen molar-refractivity contribution in [2.24, 2.45) is 23.2 Å². The van der Waals surface area contributed by atoms with Gasteiger partial charge in [-0.05, 0) is 67.1 Å². The van der Waals surface area contributed by atoms with Gasteiger partial charge >= 0.3 is 0 Å². The number of fused-ring (bicyclic) bond motifs is 2. The Morgan fingerprint density at radius 3 is 2.64 bits per heavy atom. The first-order chi connectivity index (χ1) is 10.1. The first-order valence-electron chi connectivity index (χ1n) is 8.97. The van der Waals surface area contributed by atoms with Crippen molar-refractivity contribution >= 4 is 14.1 Å². The van der Waals surface area contributed by atoms with Gasteiger partial charge < -0.3 is 4.43 Å². The van der Waals surface area contributed by atoms with Gasteiger partial charge in [-0.25, -0.2) is 0 Å². The maximum atomic E-state index is 12.1. The summed E-state index contributed by atoms with van der Waals surface area (Å²) in [6.07, 6.45) is 9.41. The Morgan fingerprint density at radius 1 is 1.32 bits per heavy atom. The van der Waals surface area contributed by atoms with Gasteiger partial charge in [-0.1, -0.05) is 33.8 Å². The molecule has 3 saturated carbocycles. The first kappa shape index (κ1) is 16.4. The van der Waals surface area contributed by atoms with Crippen LogP contribution in [-0.2, 0) is 9.22 Å². The van der Waals surface area contributed by atoms with Gasteiger partial charge in [0.1, 0.15) is 0 Å². The summed E-state index contributed by atoms with van der Waals surface area (Å²) >= 11 is 0. The molecular formula is C19H32O2Si. The van der Waals surface area contributed by atoms with Gasteiger partial charge in [-0.3, -0.25) is 4.79 Å². The highest BCUT2D eigenvalue weighted by atomic mass is 28.4. The maximum Gasteiger partial charge on any atom is 0.192 e. The minimum absolute atomic E-state index is 0.210. The number of carbonyl (C=O) groups excluding carboxylic acids is 1. The summed E-state index contributed by atoms with van der Waals surface area (Å²) in [7, 11) is -1.71. The van der Waals surface area contributed by atoms with Crippen LogP contribution in [0, 0.1) is 23.2 Å². The fraction of sp³-hybridized carbons (Fsp3) is 0.842. The van der Waals surface area contributed by atoms with Gasteiger partial charge in [0.2, 0.25) is 0 Å². The molecule has 0 aromatic rings. The van der Waals surface area contributed by atoms with Crippen molar-refractivity contribution in [3.63, 3.8) is 0 Å². The number of hydrogen-bond donors (Lipinski definition) is 0. The van der Waals surface area contributed by atoms with E-state index in [0.29, 0.717) is 23.7 Å². The average molecular weight is 321 g/mol. The predicted octanol–water partition coefficient (Wildman–Crippen LogP) is 4.96. The van der Waals surface area contributed by atoms with Crippen LogP contribution in [0.15, 0.2) is 12.2 Å². The molecule has 3 fully saturated rings. The van der Waals surface area contributed by atoms with Crippen LogP contribution in [0.5, 0.6) is 0 Å². The van der Waals surface area contributed by atoms with Crippen molar-refractivity contribution < 1.29 is 9.22 Å². The minimum atomic E-state index is -1.71. The molecule has 2 bridgehead atoms. The summed E-state index contributed by atoms with van der Waals surface area (Å²) in [5, 5.41) is 0.270. The lowest BCUT2D eigenvalue weighted by Crippen LogP contribution is -2.56. The Morgan fingerprint density at radius 2 is 2.00 bits per heavy atom. The lowest BCUT2D eigenvalue weighted by atomic mass is 9.49. The van der Waals surface area contributed by atoms with Crippen molar-refractivity contribution in [2.75, 3.05) is 0 Å². The molecule has 124 valence electrons. The van der Waals surface area contributed by atoms with E-state index in [0.717, 1.165) is 6.42 Å². The maximum absolute atomic E-state index is 12.1. The second-order valence-corrected chi connectivity index (χ2v) is 14.3. The molecule has 0 saturated heterocycles. The zero-order valence-corrected chi connectivity index (χ0v) is 16.1. The van der Waals surface area contributed by atoms with Crippen LogP contribution in [0.3, 0.4) is 0 Å². The van der Waals surface area contributed by atoms with E-state index in [-0.39, 0.29) is 16.4 Å². The largest absolute Gasteiger partial charge is 0.414 e. The Hall–Kier alpha value is -0.413. The van der Waals surface area contributed by atoms with Gasteiger partial charge in [0.15, 0.2) is 14.1 Å². The van der Waals surface area contributed by atoms with Crippen LogP contribution in [-0.4, -0.2) is 20.2 Å². The Labute approximate surface area is 136 Å². The third-order valence-corrected chi connectivity index (χ3v) is 11.8. The molecule has 0 aliphatic heterocycles. The van der Waals surface area contributed by atoms with Gasteiger partial charge in [0.05, 0.1) is 0 Å². The first-order valence-corrected chi connectivity index (χ1v) is 11.9. The third-order valence-electron chi connectivity index (χ3n) is 7.27. The highest BCUT2D eigenvalue weighted by molar-refractivity contribution is 6.74. The SMILES string of the molecule is C[C@@H]1C(=O)C=C[C@@]23CC[C@@H](CC12)C(O[Si](C)(C)C(C)(C)C)C3. The molecule has 2 nitrogen and oxygen atoms in total. The molecule has 4 aliphatic carbocycles. The van der Waals surface area contributed by atoms with Gasteiger partial charge in [0.25, 0.3) is 0 Å². The third kappa shape index (κ3) is 2.45. The van der Waals surface area contributed by atoms with E-state index in [2.05, 4.69) is 46.9 Å². The Kier molecular flexibility index (Phi) is 3.77. The topological polar surface area (TPSA) is 26.3 Å². The normalized spacial score (nSPS) is 41.6. The molecule has 22 heavy (non-hydrogen) atoms. The lowest BCUT2D eigenvalue weighted by molar-refractivity contribution is -0.130. The molecule has 0 aromatic heterocycles. The monoisotopic (exact) mass is 320 g/mol. The fourth-order valence-electron chi connectivity index (χ4n) is 4.72. The summed E-state index contributed by atoms with van der Waals surface area (Å²) < 4.78 is 6.80. The van der Waals surface area contributed by atoms with Crippen LogP contribution < -0.4 is 0 Å².